The van der Waals surface area contributed by atoms with Gasteiger partial charge in [-0.2, -0.15) is 0 Å². The first kappa shape index (κ1) is 119. The Morgan fingerprint density at radius 2 is 0.715 bits per heavy atom. The van der Waals surface area contributed by atoms with Gasteiger partial charge in [-0.1, -0.05) is 6.07 Å². The molecule has 0 atom stereocenters. The van der Waals surface area contributed by atoms with Crippen molar-refractivity contribution < 1.29 is 34.3 Å². The van der Waals surface area contributed by atoms with Crippen LogP contribution in [0.5, 0.6) is 17.0 Å². The first-order valence-corrected chi connectivity index (χ1v) is 90.9. The van der Waals surface area contributed by atoms with E-state index in [0.29, 0.717) is 23.1 Å². The summed E-state index contributed by atoms with van der Waals surface area (Å²) in [7, 11) is 1.65. The van der Waals surface area contributed by atoms with E-state index in [0.717, 1.165) is 17.5 Å². The Balaban J connectivity index is 0.000000491. The summed E-state index contributed by atoms with van der Waals surface area (Å²) in [5.41, 5.74) is 0.455. The van der Waals surface area contributed by atoms with E-state index in [-0.39, 0.29) is 5.59 Å². The van der Waals surface area contributed by atoms with Gasteiger partial charge >= 0.3 is 692 Å². The van der Waals surface area contributed by atoms with Crippen LogP contribution in [0.25, 0.3) is 0 Å². The van der Waals surface area contributed by atoms with Crippen LogP contribution in [-0.4, -0.2) is 187 Å². The van der Waals surface area contributed by atoms with Crippen molar-refractivity contribution >= 4 is 189 Å². The maximum atomic E-state index is 8.66. The summed E-state index contributed by atoms with van der Waals surface area (Å²) >= 11 is -0.853. The van der Waals surface area contributed by atoms with Gasteiger partial charge in [0.1, 0.15) is 0 Å². The molecule has 1 fully saturated rings. The van der Waals surface area contributed by atoms with Crippen molar-refractivity contribution in [3.8, 4) is 17.0 Å². The molecule has 1 saturated carbocycles. The number of aryl methyl sites for hydroxylation is 2. The fourth-order valence-corrected chi connectivity index (χ4v) is 114. The first-order valence-electron chi connectivity index (χ1n) is 49.3. The number of thiazole rings is 5. The van der Waals surface area contributed by atoms with Gasteiger partial charge in [0, 0.05) is 17.9 Å². The van der Waals surface area contributed by atoms with Gasteiger partial charge in [0.05, 0.1) is 26.0 Å². The van der Waals surface area contributed by atoms with Crippen LogP contribution in [0.3, 0.4) is 0 Å². The van der Waals surface area contributed by atoms with Crippen LogP contribution in [0.1, 0.15) is 362 Å². The summed E-state index contributed by atoms with van der Waals surface area (Å²) < 4.78 is 46.7. The zero-order valence-electron chi connectivity index (χ0n) is 82.2. The van der Waals surface area contributed by atoms with Crippen molar-refractivity contribution in [3.63, 3.8) is 0 Å². The van der Waals surface area contributed by atoms with Crippen LogP contribution in [0.4, 0.5) is 0 Å². The van der Waals surface area contributed by atoms with Crippen molar-refractivity contribution in [2.24, 2.45) is 0 Å². The molecule has 7 aromatic heterocycles. The van der Waals surface area contributed by atoms with E-state index in [9.17, 15) is 0 Å². The van der Waals surface area contributed by atoms with Crippen LogP contribution in [0.2, 0.25) is 66.6 Å². The summed E-state index contributed by atoms with van der Waals surface area (Å²) in [5.74, 6) is 2.23. The topological polar surface area (TPSA) is 212 Å². The largest absolute Gasteiger partial charge is 0.509 e. The fourth-order valence-electron chi connectivity index (χ4n) is 16.5. The summed E-state index contributed by atoms with van der Waals surface area (Å²) in [5, 5.41) is 43.2. The minimum absolute atomic E-state index is 0.103. The summed E-state index contributed by atoms with van der Waals surface area (Å²) in [6.07, 6.45) is 58.8. The third-order valence-electron chi connectivity index (χ3n) is 24.8. The zero-order chi connectivity index (χ0) is 91.2. The van der Waals surface area contributed by atoms with Crippen molar-refractivity contribution in [1.29, 1.82) is 0 Å². The second-order valence-electron chi connectivity index (χ2n) is 35.3. The quantitative estimate of drug-likeness (QED) is 0.0261. The average Bonchev–Trinajstić information content (AvgIpc) is 1.65. The third kappa shape index (κ3) is 45.1. The van der Waals surface area contributed by atoms with Gasteiger partial charge in [-0.25, -0.2) is 9.97 Å². The minimum Gasteiger partial charge on any atom is -0.481 e. The number of unbranched alkanes of at least 4 members (excludes halogenated alkanes) is 15. The maximum absolute atomic E-state index is 8.66. The van der Waals surface area contributed by atoms with E-state index < -0.39 is 106 Å². The van der Waals surface area contributed by atoms with Crippen molar-refractivity contribution in [2.45, 2.75) is 422 Å². The van der Waals surface area contributed by atoms with Crippen LogP contribution >= 0.6 is 56.7 Å². The van der Waals surface area contributed by atoms with E-state index in [1.165, 1.54) is 281 Å². The third-order valence-corrected chi connectivity index (χ3v) is 118. The molecule has 15 nitrogen and oxygen atoms in total. The Bertz CT molecular complexity index is 3350. The number of rotatable bonds is 58. The van der Waals surface area contributed by atoms with Crippen LogP contribution in [0, 0.1) is 6.92 Å². The molecule has 700 valence electrons. The molecule has 0 bridgehead atoms. The Morgan fingerprint density at radius 1 is 0.366 bits per heavy atom. The van der Waals surface area contributed by atoms with Crippen LogP contribution in [-0.2, 0) is 6.42 Å². The molecule has 1 aliphatic carbocycles. The van der Waals surface area contributed by atoms with E-state index in [1.807, 2.05) is 14.2 Å². The number of nitrogens with zero attached hydrogens (tertiary/aromatic N) is 8. The normalized spacial score (nSPS) is 12.2. The van der Waals surface area contributed by atoms with Crippen molar-refractivity contribution in [2.75, 3.05) is 21.3 Å². The number of pyridine rings is 1. The molecule has 0 radical (unpaired) electrons. The smallest absolute Gasteiger partial charge is 0.481 e. The molecule has 27 heteroatoms. The van der Waals surface area contributed by atoms with E-state index >= 15 is 0 Å². The number of hydrogen-bond acceptors (Lipinski definition) is 20. The molecule has 7 aromatic rings. The summed E-state index contributed by atoms with van der Waals surface area (Å²) in [4.78, 5) is 34.9. The first-order chi connectivity index (χ1) is 59.4. The van der Waals surface area contributed by atoms with Gasteiger partial charge < -0.3 is 29.6 Å². The van der Waals surface area contributed by atoms with Crippen molar-refractivity contribution in [3.05, 3.63) is 80.9 Å². The number of aromatic nitrogens is 8. The van der Waals surface area contributed by atoms with Gasteiger partial charge in [0.2, 0.25) is 11.8 Å². The maximum Gasteiger partial charge on any atom is 0.509 e. The zero-order valence-corrected chi connectivity index (χ0v) is 101. The van der Waals surface area contributed by atoms with Gasteiger partial charge in [0.15, 0.2) is 0 Å². The van der Waals surface area contributed by atoms with Crippen LogP contribution < -0.4 is 40.5 Å². The second-order valence-corrected chi connectivity index (χ2v) is 110. The molecule has 0 unspecified atom stereocenters. The van der Waals surface area contributed by atoms with Gasteiger partial charge in [-0.15, -0.1) is 0 Å². The van der Waals surface area contributed by atoms with Gasteiger partial charge in [-0.3, -0.25) is 4.98 Å². The van der Waals surface area contributed by atoms with E-state index in [4.69, 9.17) is 54.2 Å². The standard InChI is InChI=1S/C6H8BNO3.C6H6NS.C6H8NS.C5H7BN2O3.C5H6NS.C4H4NOS.C4H4NS.15C4H9.5Sn/c1-11-6-3-2-5(4-8-6)7(9)10;1-2-5(1)6-7-3-4-8-6;1-5(2)6-7-3-4-8-6;1-11-5-3-7-4(2-8-5)6(9)10;1-2-5-6-3-4-7-5;1-6-4-5-2-3-7-4;1-4-5-2-3-6-4;15*1-3-4-2;;;;;/h2-4,9-10H,1H3;3,5H,1-2H2;3,5H,1-2H3;2-3,9-10H,1H3;3H,2H2,1H3;3H,1H3;2H,1H3;15*1,3-4H2,2H3;;;;;. The molecule has 0 saturated heterocycles. The molecular formula is C96H178B2N8O7S5Sn5. The molecular weight excluding hydrogens is 2150 g/mol. The Morgan fingerprint density at radius 3 is 0.992 bits per heavy atom. The number of ether oxygens (including phenoxy) is 3. The molecule has 123 heavy (non-hydrogen) atoms. The Kier molecular flexibility index (Phi) is 68.9. The SMILES string of the molecule is CCC[CH2][Sn]([CH2]CCC)([CH2]CCC)[c]1cnc(C(C)C)s1.CCC[CH2][Sn]([CH2]CCC)([CH2]CCC)[c]1cnc(C)s1.CCC[CH2][Sn]([CH2]CCC)([CH2]CCC)[c]1cnc(C2CC2)s1.CCC[CH2][Sn]([CH2]CCC)([CH2]CCC)[c]1cnc(CC)s1.CCC[CH2][Sn]([CH2]CCC)([CH2]CCC)[c]1csc(OC)n1.COc1ccc(B(O)O)cn1.COc1cnc(B(O)O)cn1. The second kappa shape index (κ2) is 71.3. The molecule has 0 aliphatic heterocycles. The Labute approximate surface area is 794 Å². The summed E-state index contributed by atoms with van der Waals surface area (Å²) in [6.45, 7) is 44.1. The van der Waals surface area contributed by atoms with Crippen LogP contribution in [0.15, 0.2) is 60.9 Å². The monoisotopic (exact) mass is 2340 g/mol. The fraction of sp³-hybridized carbons (Fsp3) is 0.750. The molecule has 7 heterocycles. The van der Waals surface area contributed by atoms with Gasteiger partial charge in [-0.05, 0) is 6.07 Å². The summed E-state index contributed by atoms with van der Waals surface area (Å²) in [6, 6.07) is 3.10. The minimum atomic E-state index is -2.28. The molecule has 0 amide bonds. The average molecular weight is 2330 g/mol. The van der Waals surface area contributed by atoms with E-state index in [2.05, 4.69) is 216 Å². The molecule has 0 spiro atoms. The predicted octanol–water partition coefficient (Wildman–Crippen LogP) is 25.8. The number of hydrogen-bond donors (Lipinski definition) is 4. The number of methoxy groups -OCH3 is 3. The molecule has 1 aliphatic rings. The van der Waals surface area contributed by atoms with Gasteiger partial charge in [0.25, 0.3) is 0 Å². The molecule has 4 N–H and O–H groups in total. The van der Waals surface area contributed by atoms with E-state index in [1.54, 1.807) is 86.4 Å². The molecule has 0 aromatic carbocycles. The molecule has 8 rings (SSSR count). The van der Waals surface area contributed by atoms with Crippen molar-refractivity contribution in [1.82, 2.24) is 39.9 Å². The Hall–Kier alpha value is -0.257. The predicted molar refractivity (Wildman–Crippen MR) is 559 cm³/mol.